The van der Waals surface area contributed by atoms with Crippen molar-refractivity contribution in [2.24, 2.45) is 0 Å². The molecule has 190 valence electrons. The first-order valence-electron chi connectivity index (χ1n) is 12.0. The molecule has 0 saturated carbocycles. The number of benzene rings is 2. The van der Waals surface area contributed by atoms with E-state index in [0.717, 1.165) is 28.6 Å². The predicted octanol–water partition coefficient (Wildman–Crippen LogP) is 6.64. The van der Waals surface area contributed by atoms with Crippen LogP contribution >= 0.6 is 22.7 Å². The average molecular weight is 535 g/mol. The number of carbonyl (C=O) groups excluding carboxylic acids is 2. The normalized spacial score (nSPS) is 15.6. The monoisotopic (exact) mass is 534 g/mol. The van der Waals surface area contributed by atoms with Crippen LogP contribution in [0.3, 0.4) is 0 Å². The zero-order valence-corrected chi connectivity index (χ0v) is 22.3. The molecular formula is C28H26N2O5S2. The Morgan fingerprint density at radius 3 is 2.73 bits per heavy atom. The molecule has 0 saturated heterocycles. The molecule has 1 aliphatic rings. The van der Waals surface area contributed by atoms with Gasteiger partial charge < -0.3 is 14.6 Å². The van der Waals surface area contributed by atoms with Gasteiger partial charge in [-0.25, -0.2) is 4.98 Å². The third-order valence-corrected chi connectivity index (χ3v) is 8.08. The number of aliphatic hydroxyl groups excluding tert-OH is 1. The van der Waals surface area contributed by atoms with Gasteiger partial charge >= 0.3 is 0 Å². The average Bonchev–Trinajstić information content (AvgIpc) is 3.63. The zero-order valence-electron chi connectivity index (χ0n) is 20.7. The second kappa shape index (κ2) is 10.4. The smallest absolute Gasteiger partial charge is 0.296 e. The first-order valence-corrected chi connectivity index (χ1v) is 13.6. The van der Waals surface area contributed by atoms with Gasteiger partial charge in [0.1, 0.15) is 0 Å². The third-order valence-electron chi connectivity index (χ3n) is 6.20. The lowest BCUT2D eigenvalue weighted by molar-refractivity contribution is -0.117. The molecule has 2 aromatic heterocycles. The van der Waals surface area contributed by atoms with Gasteiger partial charge in [-0.05, 0) is 60.2 Å². The van der Waals surface area contributed by atoms with Gasteiger partial charge in [0.25, 0.3) is 5.91 Å². The highest BCUT2D eigenvalue weighted by Gasteiger charge is 2.46. The first-order chi connectivity index (χ1) is 17.9. The number of rotatable bonds is 9. The second-order valence-electron chi connectivity index (χ2n) is 8.73. The van der Waals surface area contributed by atoms with Crippen molar-refractivity contribution in [3.63, 3.8) is 0 Å². The summed E-state index contributed by atoms with van der Waals surface area (Å²) < 4.78 is 12.4. The van der Waals surface area contributed by atoms with Crippen molar-refractivity contribution < 1.29 is 24.2 Å². The van der Waals surface area contributed by atoms with E-state index < -0.39 is 23.5 Å². The fourth-order valence-corrected chi connectivity index (χ4v) is 6.08. The Morgan fingerprint density at radius 2 is 2.00 bits per heavy atom. The van der Waals surface area contributed by atoms with Crippen LogP contribution < -0.4 is 14.4 Å². The molecule has 0 aliphatic carbocycles. The SMILES string of the molecule is CCCCOc1ccc(C2C(C(=O)c3cccs3)=C(O)C(=O)N2c2nc3ccc(C)cc3s2)cc1OC. The summed E-state index contributed by atoms with van der Waals surface area (Å²) in [6.07, 6.45) is 1.91. The van der Waals surface area contributed by atoms with Gasteiger partial charge in [-0.15, -0.1) is 11.3 Å². The summed E-state index contributed by atoms with van der Waals surface area (Å²) in [5, 5.41) is 13.2. The Labute approximate surface area is 222 Å². The van der Waals surface area contributed by atoms with E-state index in [4.69, 9.17) is 9.47 Å². The number of aromatic nitrogens is 1. The van der Waals surface area contributed by atoms with E-state index in [1.54, 1.807) is 42.8 Å². The molecule has 0 spiro atoms. The molecule has 1 N–H and O–H groups in total. The van der Waals surface area contributed by atoms with Gasteiger partial charge in [0.15, 0.2) is 22.4 Å². The molecule has 3 heterocycles. The zero-order chi connectivity index (χ0) is 26.1. The Hall–Kier alpha value is -3.69. The lowest BCUT2D eigenvalue weighted by Gasteiger charge is -2.25. The van der Waals surface area contributed by atoms with Crippen LogP contribution in [0.25, 0.3) is 10.2 Å². The van der Waals surface area contributed by atoms with E-state index in [-0.39, 0.29) is 5.57 Å². The Bertz CT molecular complexity index is 1510. The standard InChI is InChI=1S/C28H26N2O5S2/c1-4-5-12-35-19-11-9-17(15-20(19)34-3)24-23(25(31)21-7-6-13-36-21)26(32)27(33)30(24)28-29-18-10-8-16(2)14-22(18)37-28/h6-11,13-15,24,32H,4-5,12H2,1-3H3. The van der Waals surface area contributed by atoms with Crippen LogP contribution in [0.5, 0.6) is 11.5 Å². The molecule has 1 amide bonds. The molecule has 0 bridgehead atoms. The number of anilines is 1. The van der Waals surface area contributed by atoms with Crippen LogP contribution in [0.4, 0.5) is 5.13 Å². The topological polar surface area (TPSA) is 89.0 Å². The maximum Gasteiger partial charge on any atom is 0.296 e. The molecule has 2 aromatic carbocycles. The number of Topliss-reactive ketones (excluding diaryl/α,β-unsaturated/α-hetero) is 1. The minimum Gasteiger partial charge on any atom is -0.503 e. The van der Waals surface area contributed by atoms with Crippen molar-refractivity contribution in [2.75, 3.05) is 18.6 Å². The quantitative estimate of drug-likeness (QED) is 0.191. The Balaban J connectivity index is 1.63. The molecular weight excluding hydrogens is 508 g/mol. The predicted molar refractivity (Wildman–Crippen MR) is 146 cm³/mol. The number of hydrogen-bond acceptors (Lipinski definition) is 8. The number of hydrogen-bond donors (Lipinski definition) is 1. The number of ether oxygens (including phenoxy) is 2. The van der Waals surface area contributed by atoms with E-state index in [1.807, 2.05) is 25.1 Å². The van der Waals surface area contributed by atoms with E-state index in [2.05, 4.69) is 11.9 Å². The number of aryl methyl sites for hydroxylation is 1. The van der Waals surface area contributed by atoms with Crippen molar-refractivity contribution in [3.8, 4) is 11.5 Å². The van der Waals surface area contributed by atoms with E-state index in [9.17, 15) is 14.7 Å². The molecule has 0 radical (unpaired) electrons. The van der Waals surface area contributed by atoms with Crippen LogP contribution in [0.1, 0.15) is 46.6 Å². The number of unbranched alkanes of at least 4 members (excludes halogenated alkanes) is 1. The Morgan fingerprint density at radius 1 is 1.16 bits per heavy atom. The van der Waals surface area contributed by atoms with Gasteiger partial charge in [-0.1, -0.05) is 42.9 Å². The number of aliphatic hydroxyl groups is 1. The van der Waals surface area contributed by atoms with E-state index in [1.165, 1.54) is 27.6 Å². The van der Waals surface area contributed by atoms with E-state index >= 15 is 0 Å². The molecule has 0 fully saturated rings. The highest BCUT2D eigenvalue weighted by Crippen LogP contribution is 2.46. The number of carbonyl (C=O) groups is 2. The lowest BCUT2D eigenvalue weighted by Crippen LogP contribution is -2.31. The molecule has 37 heavy (non-hydrogen) atoms. The third kappa shape index (κ3) is 4.60. The summed E-state index contributed by atoms with van der Waals surface area (Å²) in [5.41, 5.74) is 2.44. The molecule has 7 nitrogen and oxygen atoms in total. The van der Waals surface area contributed by atoms with Crippen LogP contribution in [0, 0.1) is 6.92 Å². The number of fused-ring (bicyclic) bond motifs is 1. The summed E-state index contributed by atoms with van der Waals surface area (Å²) >= 11 is 2.60. The van der Waals surface area contributed by atoms with Crippen LogP contribution in [0.2, 0.25) is 0 Å². The van der Waals surface area contributed by atoms with Crippen molar-refractivity contribution in [1.82, 2.24) is 4.98 Å². The van der Waals surface area contributed by atoms with Crippen molar-refractivity contribution in [3.05, 3.63) is 81.2 Å². The fourth-order valence-electron chi connectivity index (χ4n) is 4.31. The minimum absolute atomic E-state index is 0.0181. The van der Waals surface area contributed by atoms with E-state index in [0.29, 0.717) is 33.7 Å². The number of ketones is 1. The first kappa shape index (κ1) is 25.0. The number of thiophene rings is 1. The Kier molecular flexibility index (Phi) is 6.99. The maximum absolute atomic E-state index is 13.6. The molecule has 5 rings (SSSR count). The molecule has 1 atom stereocenters. The summed E-state index contributed by atoms with van der Waals surface area (Å²) in [4.78, 5) is 33.6. The number of amides is 1. The lowest BCUT2D eigenvalue weighted by atomic mass is 9.95. The number of thiazole rings is 1. The van der Waals surface area contributed by atoms with Crippen LogP contribution in [-0.2, 0) is 4.79 Å². The molecule has 1 unspecified atom stereocenters. The van der Waals surface area contributed by atoms with Crippen molar-refractivity contribution in [1.29, 1.82) is 0 Å². The molecule has 1 aliphatic heterocycles. The number of nitrogens with zero attached hydrogens (tertiary/aromatic N) is 2. The molecule has 9 heteroatoms. The van der Waals surface area contributed by atoms with Crippen LogP contribution in [0.15, 0.2) is 65.2 Å². The van der Waals surface area contributed by atoms with Gasteiger partial charge in [0.2, 0.25) is 5.78 Å². The summed E-state index contributed by atoms with van der Waals surface area (Å²) in [7, 11) is 1.55. The highest BCUT2D eigenvalue weighted by molar-refractivity contribution is 7.22. The maximum atomic E-state index is 13.6. The number of methoxy groups -OCH3 is 1. The largest absolute Gasteiger partial charge is 0.503 e. The van der Waals surface area contributed by atoms with Crippen LogP contribution in [-0.4, -0.2) is 35.5 Å². The second-order valence-corrected chi connectivity index (χ2v) is 10.7. The fraction of sp³-hybridized carbons (Fsp3) is 0.250. The van der Waals surface area contributed by atoms with Crippen molar-refractivity contribution in [2.45, 2.75) is 32.7 Å². The van der Waals surface area contributed by atoms with Gasteiger partial charge in [-0.3, -0.25) is 14.5 Å². The summed E-state index contributed by atoms with van der Waals surface area (Å²) in [5.74, 6) is -0.572. The summed E-state index contributed by atoms with van der Waals surface area (Å²) in [6, 6.07) is 13.7. The van der Waals surface area contributed by atoms with Crippen molar-refractivity contribution >= 4 is 49.7 Å². The highest BCUT2D eigenvalue weighted by atomic mass is 32.1. The summed E-state index contributed by atoms with van der Waals surface area (Å²) in [6.45, 7) is 4.63. The van der Waals surface area contributed by atoms with Gasteiger partial charge in [0.05, 0.1) is 40.4 Å². The van der Waals surface area contributed by atoms with Gasteiger partial charge in [0, 0.05) is 0 Å². The minimum atomic E-state index is -0.887. The van der Waals surface area contributed by atoms with Gasteiger partial charge in [-0.2, -0.15) is 0 Å². The molecule has 4 aromatic rings.